The van der Waals surface area contributed by atoms with Crippen molar-refractivity contribution in [1.82, 2.24) is 9.47 Å². The van der Waals surface area contributed by atoms with Crippen LogP contribution in [0.5, 0.6) is 0 Å². The summed E-state index contributed by atoms with van der Waals surface area (Å²) >= 11 is 0. The average Bonchev–Trinajstić information content (AvgIpc) is 3.59. The number of aliphatic hydroxyl groups excluding tert-OH is 1. The molecule has 7 heteroatoms. The van der Waals surface area contributed by atoms with E-state index < -0.39 is 23.9 Å². The maximum atomic E-state index is 13.5. The number of fused-ring (bicyclic) bond motifs is 4. The van der Waals surface area contributed by atoms with Gasteiger partial charge in [0.15, 0.2) is 0 Å². The van der Waals surface area contributed by atoms with Crippen molar-refractivity contribution in [2.75, 3.05) is 11.9 Å². The Balaban J connectivity index is 1.58. The third-order valence-corrected chi connectivity index (χ3v) is 7.21. The lowest BCUT2D eigenvalue weighted by Crippen LogP contribution is -2.49. The van der Waals surface area contributed by atoms with E-state index in [1.807, 2.05) is 49.4 Å². The van der Waals surface area contributed by atoms with Crippen LogP contribution in [0.25, 0.3) is 6.08 Å². The summed E-state index contributed by atoms with van der Waals surface area (Å²) in [6, 6.07) is 11.8. The number of anilines is 1. The van der Waals surface area contributed by atoms with Crippen molar-refractivity contribution in [3.05, 3.63) is 70.2 Å². The van der Waals surface area contributed by atoms with Crippen LogP contribution in [-0.2, 0) is 16.1 Å². The molecular formula is C26H29N3O4. The number of aliphatic hydroxyl groups is 1. The highest BCUT2D eigenvalue weighted by Crippen LogP contribution is 2.49. The molecule has 1 saturated carbocycles. The number of carbonyl (C=O) groups excluding carboxylic acids is 2. The van der Waals surface area contributed by atoms with E-state index in [-0.39, 0.29) is 30.5 Å². The van der Waals surface area contributed by atoms with Crippen molar-refractivity contribution in [3.63, 3.8) is 0 Å². The lowest BCUT2D eigenvalue weighted by molar-refractivity contribution is -0.137. The molecule has 0 spiro atoms. The molecule has 2 aliphatic heterocycles. The number of pyridine rings is 1. The summed E-state index contributed by atoms with van der Waals surface area (Å²) in [5, 5.41) is 13.3. The summed E-state index contributed by atoms with van der Waals surface area (Å²) in [5.74, 6) is -0.926. The van der Waals surface area contributed by atoms with E-state index in [4.69, 9.17) is 0 Å². The lowest BCUT2D eigenvalue weighted by atomic mass is 9.86. The molecule has 2 amide bonds. The van der Waals surface area contributed by atoms with Gasteiger partial charge in [0.25, 0.3) is 5.56 Å². The number of amides is 2. The summed E-state index contributed by atoms with van der Waals surface area (Å²) in [6.45, 7) is 1.91. The molecular weight excluding hydrogens is 418 g/mol. The van der Waals surface area contributed by atoms with Crippen LogP contribution in [-0.4, -0.2) is 39.0 Å². The molecule has 0 unspecified atom stereocenters. The molecule has 7 nitrogen and oxygen atoms in total. The van der Waals surface area contributed by atoms with Gasteiger partial charge in [0.2, 0.25) is 11.8 Å². The Morgan fingerprint density at radius 1 is 1.15 bits per heavy atom. The van der Waals surface area contributed by atoms with Gasteiger partial charge in [0.1, 0.15) is 0 Å². The molecule has 1 saturated heterocycles. The molecule has 172 valence electrons. The Bertz CT molecular complexity index is 1150. The van der Waals surface area contributed by atoms with E-state index in [1.54, 1.807) is 21.6 Å². The minimum atomic E-state index is -0.649. The number of benzene rings is 1. The Morgan fingerprint density at radius 2 is 1.91 bits per heavy atom. The van der Waals surface area contributed by atoms with Crippen LogP contribution in [0.2, 0.25) is 0 Å². The van der Waals surface area contributed by atoms with Gasteiger partial charge in [-0.2, -0.15) is 0 Å². The van der Waals surface area contributed by atoms with Crippen LogP contribution < -0.4 is 10.9 Å². The molecule has 1 aromatic carbocycles. The van der Waals surface area contributed by atoms with Crippen molar-refractivity contribution in [3.8, 4) is 0 Å². The molecule has 1 aromatic heterocycles. The second kappa shape index (κ2) is 8.63. The fourth-order valence-electron chi connectivity index (χ4n) is 5.49. The van der Waals surface area contributed by atoms with Gasteiger partial charge in [0.05, 0.1) is 18.0 Å². The highest BCUT2D eigenvalue weighted by molar-refractivity contribution is 5.94. The van der Waals surface area contributed by atoms with Gasteiger partial charge in [-0.05, 0) is 49.9 Å². The molecule has 2 bridgehead atoms. The molecule has 2 aromatic rings. The Hall–Kier alpha value is -3.19. The first-order chi connectivity index (χ1) is 16.0. The normalized spacial score (nSPS) is 25.8. The minimum Gasteiger partial charge on any atom is -0.396 e. The van der Waals surface area contributed by atoms with Crippen molar-refractivity contribution in [1.29, 1.82) is 0 Å². The first-order valence-corrected chi connectivity index (χ1v) is 11.7. The number of carbonyl (C=O) groups is 2. The van der Waals surface area contributed by atoms with Crippen molar-refractivity contribution < 1.29 is 14.7 Å². The Kier molecular flexibility index (Phi) is 5.66. The predicted octanol–water partition coefficient (Wildman–Crippen LogP) is 2.81. The largest absolute Gasteiger partial charge is 0.396 e. The van der Waals surface area contributed by atoms with E-state index >= 15 is 0 Å². The van der Waals surface area contributed by atoms with E-state index in [0.29, 0.717) is 29.3 Å². The van der Waals surface area contributed by atoms with Crippen LogP contribution in [0.15, 0.2) is 53.3 Å². The highest BCUT2D eigenvalue weighted by Gasteiger charge is 2.57. The van der Waals surface area contributed by atoms with Gasteiger partial charge < -0.3 is 19.9 Å². The molecule has 3 heterocycles. The van der Waals surface area contributed by atoms with E-state index in [0.717, 1.165) is 12.8 Å². The Morgan fingerprint density at radius 3 is 2.58 bits per heavy atom. The molecule has 0 radical (unpaired) electrons. The van der Waals surface area contributed by atoms with Crippen LogP contribution >= 0.6 is 0 Å². The van der Waals surface area contributed by atoms with Gasteiger partial charge in [-0.3, -0.25) is 14.4 Å². The summed E-state index contributed by atoms with van der Waals surface area (Å²) in [5.41, 5.74) is 1.77. The number of nitrogens with zero attached hydrogens (tertiary/aromatic N) is 2. The lowest BCUT2D eigenvalue weighted by Gasteiger charge is -2.38. The SMILES string of the molecule is C/C=C/c1ccc2n(c1=O)C[C@H]1[C@H](CO)[C@@H](C(=O)Nc3ccccc3)[C@@H]2N1C(=O)CC1CC1. The van der Waals surface area contributed by atoms with E-state index in [2.05, 4.69) is 5.32 Å². The fraction of sp³-hybridized carbons (Fsp3) is 0.423. The molecule has 2 fully saturated rings. The third kappa shape index (κ3) is 3.80. The maximum absolute atomic E-state index is 13.5. The van der Waals surface area contributed by atoms with Gasteiger partial charge in [-0.1, -0.05) is 30.4 Å². The Labute approximate surface area is 192 Å². The summed E-state index contributed by atoms with van der Waals surface area (Å²) in [6.07, 6.45) is 6.15. The topological polar surface area (TPSA) is 91.6 Å². The second-order valence-corrected chi connectivity index (χ2v) is 9.32. The van der Waals surface area contributed by atoms with Crippen molar-refractivity contribution in [2.45, 2.75) is 44.8 Å². The number of allylic oxidation sites excluding steroid dienone is 1. The van der Waals surface area contributed by atoms with Crippen LogP contribution in [0.1, 0.15) is 43.5 Å². The number of hydrogen-bond donors (Lipinski definition) is 2. The van der Waals surface area contributed by atoms with Crippen LogP contribution in [0, 0.1) is 17.8 Å². The number of hydrogen-bond acceptors (Lipinski definition) is 4. The van der Waals surface area contributed by atoms with Gasteiger partial charge >= 0.3 is 0 Å². The zero-order valence-corrected chi connectivity index (χ0v) is 18.7. The fourth-order valence-corrected chi connectivity index (χ4v) is 5.49. The van der Waals surface area contributed by atoms with Gasteiger partial charge in [-0.25, -0.2) is 0 Å². The number of nitrogens with one attached hydrogen (secondary N) is 1. The second-order valence-electron chi connectivity index (χ2n) is 9.32. The van der Waals surface area contributed by atoms with Crippen molar-refractivity contribution in [2.24, 2.45) is 17.8 Å². The minimum absolute atomic E-state index is 0.0113. The molecule has 4 atom stereocenters. The van der Waals surface area contributed by atoms with Crippen LogP contribution in [0.3, 0.4) is 0 Å². The molecule has 1 aliphatic carbocycles. The predicted molar refractivity (Wildman–Crippen MR) is 125 cm³/mol. The standard InChI is InChI=1S/C26H29N3O4/c1-2-6-17-11-12-20-24-23(25(32)27-18-7-4-3-5-8-18)19(15-30)21(14-28(20)26(17)33)29(24)22(31)13-16-9-10-16/h2-8,11-12,16,19,21,23-24,30H,9-10,13-15H2,1H3,(H,27,32)/b6-2+/t19-,21-,23+,24+/m0/s1. The number of rotatable bonds is 6. The van der Waals surface area contributed by atoms with Crippen LogP contribution in [0.4, 0.5) is 5.69 Å². The van der Waals surface area contributed by atoms with Crippen molar-refractivity contribution >= 4 is 23.6 Å². The van der Waals surface area contributed by atoms with E-state index in [1.165, 1.54) is 0 Å². The monoisotopic (exact) mass is 447 g/mol. The molecule has 33 heavy (non-hydrogen) atoms. The summed E-state index contributed by atoms with van der Waals surface area (Å²) < 4.78 is 1.70. The molecule has 5 rings (SSSR count). The first kappa shape index (κ1) is 21.6. The van der Waals surface area contributed by atoms with Gasteiger partial charge in [-0.15, -0.1) is 0 Å². The highest BCUT2D eigenvalue weighted by atomic mass is 16.3. The third-order valence-electron chi connectivity index (χ3n) is 7.21. The maximum Gasteiger partial charge on any atom is 0.258 e. The van der Waals surface area contributed by atoms with E-state index in [9.17, 15) is 19.5 Å². The zero-order chi connectivity index (χ0) is 23.1. The average molecular weight is 448 g/mol. The summed E-state index contributed by atoms with van der Waals surface area (Å²) in [7, 11) is 0. The molecule has 2 N–H and O–H groups in total. The quantitative estimate of drug-likeness (QED) is 0.712. The number of para-hydroxylation sites is 1. The molecule has 3 aliphatic rings. The first-order valence-electron chi connectivity index (χ1n) is 11.7. The number of aromatic nitrogens is 1. The van der Waals surface area contributed by atoms with Gasteiger partial charge in [0, 0.05) is 42.4 Å². The smallest absolute Gasteiger partial charge is 0.258 e. The zero-order valence-electron chi connectivity index (χ0n) is 18.7. The summed E-state index contributed by atoms with van der Waals surface area (Å²) in [4.78, 5) is 41.9.